The second kappa shape index (κ2) is 5.48. The molecule has 1 heterocycles. The van der Waals surface area contributed by atoms with Crippen LogP contribution in [0.2, 0.25) is 0 Å². The Balaban J connectivity index is 2.50. The molecule has 0 spiro atoms. The second-order valence-electron chi connectivity index (χ2n) is 4.70. The molecule has 0 unspecified atom stereocenters. The summed E-state index contributed by atoms with van der Waals surface area (Å²) in [5.41, 5.74) is -0.145. The van der Waals surface area contributed by atoms with Crippen LogP contribution in [0.25, 0.3) is 0 Å². The molecule has 0 aliphatic carbocycles. The summed E-state index contributed by atoms with van der Waals surface area (Å²) in [5.74, 6) is 0.441. The van der Waals surface area contributed by atoms with Crippen molar-refractivity contribution in [2.24, 2.45) is 0 Å². The van der Waals surface area contributed by atoms with E-state index < -0.39 is 11.4 Å². The molecule has 1 aliphatic heterocycles. The van der Waals surface area contributed by atoms with E-state index in [0.29, 0.717) is 37.4 Å². The Morgan fingerprint density at radius 1 is 1.26 bits per heavy atom. The smallest absolute Gasteiger partial charge is 0.314 e. The van der Waals surface area contributed by atoms with E-state index in [4.69, 9.17) is 9.47 Å². The average Bonchev–Trinajstić information content (AvgIpc) is 2.47. The molecule has 1 fully saturated rings. The normalized spacial score (nSPS) is 17.8. The maximum atomic E-state index is 11.8. The molecule has 0 aromatic heterocycles. The van der Waals surface area contributed by atoms with E-state index in [1.807, 2.05) is 0 Å². The number of methoxy groups -OCH3 is 2. The van der Waals surface area contributed by atoms with E-state index in [1.165, 1.54) is 0 Å². The van der Waals surface area contributed by atoms with Crippen molar-refractivity contribution in [3.05, 3.63) is 23.8 Å². The van der Waals surface area contributed by atoms with Gasteiger partial charge in [-0.2, -0.15) is 0 Å². The summed E-state index contributed by atoms with van der Waals surface area (Å²) in [7, 11) is 3.13. The molecule has 0 saturated carbocycles. The van der Waals surface area contributed by atoms with Crippen molar-refractivity contribution in [2.75, 3.05) is 27.3 Å². The highest BCUT2D eigenvalue weighted by Gasteiger charge is 2.43. The molecule has 0 amide bonds. The summed E-state index contributed by atoms with van der Waals surface area (Å²) in [6.07, 6.45) is 1.12. The number of hydrogen-bond donors (Lipinski definition) is 2. The highest BCUT2D eigenvalue weighted by Crippen LogP contribution is 2.40. The monoisotopic (exact) mass is 265 g/mol. The van der Waals surface area contributed by atoms with Crippen LogP contribution in [0.4, 0.5) is 0 Å². The number of nitrogens with one attached hydrogen (secondary N) is 1. The molecule has 5 heteroatoms. The Bertz CT molecular complexity index is 467. The molecule has 1 aromatic carbocycles. The molecule has 5 nitrogen and oxygen atoms in total. The maximum Gasteiger partial charge on any atom is 0.314 e. The van der Waals surface area contributed by atoms with Crippen LogP contribution < -0.4 is 14.8 Å². The minimum atomic E-state index is -0.872. The Hall–Kier alpha value is -1.75. The lowest BCUT2D eigenvalue weighted by atomic mass is 9.73. The fourth-order valence-corrected chi connectivity index (χ4v) is 2.65. The fraction of sp³-hybridized carbons (Fsp3) is 0.500. The zero-order valence-corrected chi connectivity index (χ0v) is 11.2. The maximum absolute atomic E-state index is 11.8. The van der Waals surface area contributed by atoms with Gasteiger partial charge < -0.3 is 19.9 Å². The Morgan fingerprint density at radius 2 is 1.95 bits per heavy atom. The number of rotatable bonds is 4. The SMILES string of the molecule is COc1ccc(C2(C(=O)O)CCNCC2)c(OC)c1. The highest BCUT2D eigenvalue weighted by atomic mass is 16.5. The first-order chi connectivity index (χ1) is 9.14. The molecule has 1 aliphatic rings. The number of hydrogen-bond acceptors (Lipinski definition) is 4. The molecule has 1 aromatic rings. The molecular formula is C14H19NO4. The number of carbonyl (C=O) groups is 1. The highest BCUT2D eigenvalue weighted by molar-refractivity contribution is 5.83. The van der Waals surface area contributed by atoms with Gasteiger partial charge in [-0.25, -0.2) is 0 Å². The summed E-state index contributed by atoms with van der Waals surface area (Å²) < 4.78 is 10.5. The van der Waals surface area contributed by atoms with Gasteiger partial charge in [0, 0.05) is 11.6 Å². The van der Waals surface area contributed by atoms with Crippen LogP contribution in [0, 0.1) is 0 Å². The number of benzene rings is 1. The van der Waals surface area contributed by atoms with E-state index in [9.17, 15) is 9.90 Å². The van der Waals surface area contributed by atoms with Crippen LogP contribution in [0.15, 0.2) is 18.2 Å². The summed E-state index contributed by atoms with van der Waals surface area (Å²) >= 11 is 0. The zero-order chi connectivity index (χ0) is 13.9. The number of piperidine rings is 1. The molecule has 0 radical (unpaired) electrons. The Kier molecular flexibility index (Phi) is 3.95. The largest absolute Gasteiger partial charge is 0.497 e. The summed E-state index contributed by atoms with van der Waals surface area (Å²) in [4.78, 5) is 11.8. The van der Waals surface area contributed by atoms with Crippen molar-refractivity contribution in [1.29, 1.82) is 0 Å². The van der Waals surface area contributed by atoms with Crippen LogP contribution in [-0.4, -0.2) is 38.4 Å². The number of ether oxygens (including phenoxy) is 2. The van der Waals surface area contributed by atoms with Gasteiger partial charge in [0.05, 0.1) is 19.6 Å². The summed E-state index contributed by atoms with van der Waals surface area (Å²) in [6, 6.07) is 5.32. The number of carboxylic acid groups (broad SMARTS) is 1. The summed E-state index contributed by atoms with van der Waals surface area (Å²) in [6.45, 7) is 1.39. The first-order valence-electron chi connectivity index (χ1n) is 6.30. The molecule has 0 atom stereocenters. The fourth-order valence-electron chi connectivity index (χ4n) is 2.65. The van der Waals surface area contributed by atoms with Crippen molar-refractivity contribution in [1.82, 2.24) is 5.32 Å². The van der Waals surface area contributed by atoms with E-state index in [0.717, 1.165) is 5.56 Å². The standard InChI is InChI=1S/C14H19NO4/c1-18-10-3-4-11(12(9-10)19-2)14(13(16)17)5-7-15-8-6-14/h3-4,9,15H,5-8H2,1-2H3,(H,16,17). The third-order valence-electron chi connectivity index (χ3n) is 3.79. The topological polar surface area (TPSA) is 67.8 Å². The molecule has 19 heavy (non-hydrogen) atoms. The van der Waals surface area contributed by atoms with Gasteiger partial charge in [0.1, 0.15) is 11.5 Å². The van der Waals surface area contributed by atoms with Gasteiger partial charge in [0.15, 0.2) is 0 Å². The average molecular weight is 265 g/mol. The first kappa shape index (κ1) is 13.7. The van der Waals surface area contributed by atoms with Crippen LogP contribution in [-0.2, 0) is 10.2 Å². The molecule has 0 bridgehead atoms. The lowest BCUT2D eigenvalue weighted by Gasteiger charge is -2.35. The van der Waals surface area contributed by atoms with E-state index in [1.54, 1.807) is 32.4 Å². The number of carboxylic acids is 1. The van der Waals surface area contributed by atoms with Crippen LogP contribution in [0.5, 0.6) is 11.5 Å². The molecule has 2 N–H and O–H groups in total. The van der Waals surface area contributed by atoms with Crippen LogP contribution >= 0.6 is 0 Å². The zero-order valence-electron chi connectivity index (χ0n) is 11.2. The van der Waals surface area contributed by atoms with Crippen molar-refractivity contribution >= 4 is 5.97 Å². The van der Waals surface area contributed by atoms with E-state index in [-0.39, 0.29) is 0 Å². The van der Waals surface area contributed by atoms with Crippen LogP contribution in [0.3, 0.4) is 0 Å². The third kappa shape index (κ3) is 2.38. The molecular weight excluding hydrogens is 246 g/mol. The predicted octanol–water partition coefficient (Wildman–Crippen LogP) is 1.41. The minimum absolute atomic E-state index is 0.561. The lowest BCUT2D eigenvalue weighted by Crippen LogP contribution is -2.45. The minimum Gasteiger partial charge on any atom is -0.497 e. The van der Waals surface area contributed by atoms with Gasteiger partial charge in [-0.3, -0.25) is 4.79 Å². The quantitative estimate of drug-likeness (QED) is 0.861. The second-order valence-corrected chi connectivity index (χ2v) is 4.70. The van der Waals surface area contributed by atoms with Gasteiger partial charge in [-0.1, -0.05) is 6.07 Å². The molecule has 2 rings (SSSR count). The first-order valence-corrected chi connectivity index (χ1v) is 6.30. The van der Waals surface area contributed by atoms with Gasteiger partial charge in [0.2, 0.25) is 0 Å². The Morgan fingerprint density at radius 3 is 2.47 bits per heavy atom. The van der Waals surface area contributed by atoms with Crippen molar-refractivity contribution < 1.29 is 19.4 Å². The molecule has 1 saturated heterocycles. The van der Waals surface area contributed by atoms with Gasteiger partial charge in [-0.15, -0.1) is 0 Å². The molecule has 104 valence electrons. The third-order valence-corrected chi connectivity index (χ3v) is 3.79. The van der Waals surface area contributed by atoms with Crippen molar-refractivity contribution in [3.63, 3.8) is 0 Å². The van der Waals surface area contributed by atoms with E-state index >= 15 is 0 Å². The number of aliphatic carboxylic acids is 1. The summed E-state index contributed by atoms with van der Waals surface area (Å²) in [5, 5.41) is 12.9. The predicted molar refractivity (Wildman–Crippen MR) is 71.0 cm³/mol. The van der Waals surface area contributed by atoms with E-state index in [2.05, 4.69) is 5.32 Å². The van der Waals surface area contributed by atoms with Gasteiger partial charge in [-0.05, 0) is 32.0 Å². The Labute approximate surface area is 112 Å². The lowest BCUT2D eigenvalue weighted by molar-refractivity contribution is -0.145. The van der Waals surface area contributed by atoms with Crippen molar-refractivity contribution in [2.45, 2.75) is 18.3 Å². The van der Waals surface area contributed by atoms with Crippen LogP contribution in [0.1, 0.15) is 18.4 Å². The van der Waals surface area contributed by atoms with Gasteiger partial charge >= 0.3 is 5.97 Å². The van der Waals surface area contributed by atoms with Crippen molar-refractivity contribution in [3.8, 4) is 11.5 Å². The van der Waals surface area contributed by atoms with Gasteiger partial charge in [0.25, 0.3) is 0 Å².